The lowest BCUT2D eigenvalue weighted by molar-refractivity contribution is -0.114. The van der Waals surface area contributed by atoms with Gasteiger partial charge in [-0.2, -0.15) is 5.10 Å². The van der Waals surface area contributed by atoms with E-state index in [2.05, 4.69) is 15.4 Å². The van der Waals surface area contributed by atoms with Crippen LogP contribution in [-0.4, -0.2) is 31.8 Å². The van der Waals surface area contributed by atoms with Gasteiger partial charge in [-0.1, -0.05) is 12.1 Å². The van der Waals surface area contributed by atoms with Gasteiger partial charge >= 0.3 is 5.69 Å². The molecule has 0 spiro atoms. The predicted octanol–water partition coefficient (Wildman–Crippen LogP) is 1.87. The molecule has 3 aromatic rings. The molecule has 0 atom stereocenters. The molecular formula is C19H19FN6O2. The van der Waals surface area contributed by atoms with Crippen LogP contribution in [0, 0.1) is 0 Å². The molecule has 3 rings (SSSR count). The fraction of sp³-hybridized carbons (Fsp3) is 0.158. The van der Waals surface area contributed by atoms with Crippen molar-refractivity contribution in [1.82, 2.24) is 19.3 Å². The van der Waals surface area contributed by atoms with Crippen LogP contribution in [0.4, 0.5) is 10.2 Å². The molecular weight excluding hydrogens is 363 g/mol. The molecule has 2 heterocycles. The van der Waals surface area contributed by atoms with Gasteiger partial charge < -0.3 is 11.1 Å². The smallest absolute Gasteiger partial charge is 0.327 e. The van der Waals surface area contributed by atoms with E-state index < -0.39 is 5.69 Å². The van der Waals surface area contributed by atoms with Gasteiger partial charge in [0, 0.05) is 19.7 Å². The van der Waals surface area contributed by atoms with Gasteiger partial charge in [0.1, 0.15) is 12.1 Å². The molecule has 9 heteroatoms. The van der Waals surface area contributed by atoms with Crippen molar-refractivity contribution in [3.63, 3.8) is 0 Å². The lowest BCUT2D eigenvalue weighted by Gasteiger charge is -2.07. The minimum atomic E-state index is -0.404. The molecule has 0 aliphatic carbocycles. The summed E-state index contributed by atoms with van der Waals surface area (Å²) in [5.41, 5.74) is 7.56. The third-order valence-corrected chi connectivity index (χ3v) is 4.02. The number of nitrogens with one attached hydrogen (secondary N) is 1. The number of carbonyl (C=O) groups excluding carboxylic acids is 1. The molecule has 0 fully saturated rings. The Hall–Kier alpha value is -3.59. The van der Waals surface area contributed by atoms with Crippen molar-refractivity contribution in [2.24, 2.45) is 5.73 Å². The average molecular weight is 382 g/mol. The highest BCUT2D eigenvalue weighted by molar-refractivity contribution is 5.88. The summed E-state index contributed by atoms with van der Waals surface area (Å²) in [6, 6.07) is 10.8. The zero-order valence-electron chi connectivity index (χ0n) is 15.2. The molecule has 1 aromatic carbocycles. The summed E-state index contributed by atoms with van der Waals surface area (Å²) >= 11 is 0. The summed E-state index contributed by atoms with van der Waals surface area (Å²) in [6.07, 6.45) is 3.36. The molecule has 144 valence electrons. The van der Waals surface area contributed by atoms with Crippen molar-refractivity contribution < 1.29 is 9.18 Å². The first kappa shape index (κ1) is 19.2. The summed E-state index contributed by atoms with van der Waals surface area (Å²) < 4.78 is 15.2. The number of anilines is 1. The summed E-state index contributed by atoms with van der Waals surface area (Å²) in [5.74, 6) is 0.226. The molecule has 0 bridgehead atoms. The Morgan fingerprint density at radius 1 is 1.29 bits per heavy atom. The Labute approximate surface area is 160 Å². The van der Waals surface area contributed by atoms with Gasteiger partial charge in [-0.15, -0.1) is 0 Å². The van der Waals surface area contributed by atoms with Gasteiger partial charge in [-0.3, -0.25) is 4.79 Å². The standard InChI is InChI=1S/C19H19FN6O2/c1-13(27)24-18-8-16(5-6-22-18)15-3-2-4-17(7-15)25-12-23-26(19(25)28)11-14(9-20)10-21/h2-9,12H,10-11,21H2,1H3,(H,22,24,27)/b14-9+. The highest BCUT2D eigenvalue weighted by Crippen LogP contribution is 2.23. The monoisotopic (exact) mass is 382 g/mol. The van der Waals surface area contributed by atoms with E-state index in [1.54, 1.807) is 30.5 Å². The Kier molecular flexibility index (Phi) is 5.75. The van der Waals surface area contributed by atoms with Crippen LogP contribution >= 0.6 is 0 Å². The maximum atomic E-state index is 12.7. The number of amides is 1. The van der Waals surface area contributed by atoms with Crippen molar-refractivity contribution >= 4 is 11.7 Å². The van der Waals surface area contributed by atoms with Gasteiger partial charge in [-0.25, -0.2) is 23.4 Å². The molecule has 0 radical (unpaired) electrons. The molecule has 0 aliphatic heterocycles. The fourth-order valence-electron chi connectivity index (χ4n) is 2.65. The quantitative estimate of drug-likeness (QED) is 0.677. The van der Waals surface area contributed by atoms with E-state index in [0.29, 0.717) is 17.8 Å². The molecule has 3 N–H and O–H groups in total. The Balaban J connectivity index is 1.94. The van der Waals surface area contributed by atoms with Gasteiger partial charge in [0.05, 0.1) is 18.6 Å². The largest absolute Gasteiger partial charge is 0.350 e. The summed E-state index contributed by atoms with van der Waals surface area (Å²) in [5, 5.41) is 6.66. The van der Waals surface area contributed by atoms with E-state index in [4.69, 9.17) is 5.73 Å². The van der Waals surface area contributed by atoms with E-state index in [0.717, 1.165) is 15.8 Å². The lowest BCUT2D eigenvalue weighted by atomic mass is 10.1. The van der Waals surface area contributed by atoms with Gasteiger partial charge in [-0.05, 0) is 41.0 Å². The third kappa shape index (κ3) is 4.21. The summed E-state index contributed by atoms with van der Waals surface area (Å²) in [4.78, 5) is 27.9. The number of benzene rings is 1. The molecule has 1 amide bonds. The van der Waals surface area contributed by atoms with Crippen LogP contribution < -0.4 is 16.7 Å². The first-order chi connectivity index (χ1) is 13.5. The van der Waals surface area contributed by atoms with Crippen LogP contribution in [-0.2, 0) is 11.3 Å². The second kappa shape index (κ2) is 8.40. The number of pyridine rings is 1. The Bertz CT molecular complexity index is 1090. The van der Waals surface area contributed by atoms with Gasteiger partial charge in [0.15, 0.2) is 0 Å². The number of aromatic nitrogens is 4. The zero-order valence-corrected chi connectivity index (χ0v) is 15.2. The first-order valence-electron chi connectivity index (χ1n) is 8.49. The average Bonchev–Trinajstić information content (AvgIpc) is 3.06. The minimum absolute atomic E-state index is 0.00393. The Morgan fingerprint density at radius 3 is 2.79 bits per heavy atom. The number of hydrogen-bond acceptors (Lipinski definition) is 5. The lowest BCUT2D eigenvalue weighted by Crippen LogP contribution is -2.25. The predicted molar refractivity (Wildman–Crippen MR) is 104 cm³/mol. The molecule has 8 nitrogen and oxygen atoms in total. The third-order valence-electron chi connectivity index (χ3n) is 4.02. The van der Waals surface area contributed by atoms with Crippen LogP contribution in [0.3, 0.4) is 0 Å². The van der Waals surface area contributed by atoms with Crippen molar-refractivity contribution in [2.45, 2.75) is 13.5 Å². The zero-order chi connectivity index (χ0) is 20.1. The van der Waals surface area contributed by atoms with Gasteiger partial charge in [0.2, 0.25) is 5.91 Å². The number of carbonyl (C=O) groups is 1. The Morgan fingerprint density at radius 2 is 2.07 bits per heavy atom. The summed E-state index contributed by atoms with van der Waals surface area (Å²) in [7, 11) is 0. The van der Waals surface area contributed by atoms with E-state index in [9.17, 15) is 14.0 Å². The highest BCUT2D eigenvalue weighted by Gasteiger charge is 2.10. The van der Waals surface area contributed by atoms with E-state index in [1.807, 2.05) is 12.1 Å². The SMILES string of the molecule is CC(=O)Nc1cc(-c2cccc(-n3cnn(C/C(=C/F)CN)c3=O)c2)ccn1. The summed E-state index contributed by atoms with van der Waals surface area (Å²) in [6.45, 7) is 1.40. The number of nitrogens with zero attached hydrogens (tertiary/aromatic N) is 4. The van der Waals surface area contributed by atoms with E-state index in [1.165, 1.54) is 17.8 Å². The van der Waals surface area contributed by atoms with E-state index >= 15 is 0 Å². The number of nitrogens with two attached hydrogens (primary N) is 1. The molecule has 0 saturated carbocycles. The van der Waals surface area contributed by atoms with Crippen LogP contribution in [0.25, 0.3) is 16.8 Å². The molecule has 2 aromatic heterocycles. The van der Waals surface area contributed by atoms with Crippen LogP contribution in [0.15, 0.2) is 65.6 Å². The van der Waals surface area contributed by atoms with Crippen molar-refractivity contribution in [3.8, 4) is 16.8 Å². The minimum Gasteiger partial charge on any atom is -0.327 e. The number of halogens is 1. The molecule has 0 aliphatic rings. The molecule has 0 unspecified atom stereocenters. The second-order valence-corrected chi connectivity index (χ2v) is 6.07. The maximum absolute atomic E-state index is 12.7. The van der Waals surface area contributed by atoms with Gasteiger partial charge in [0.25, 0.3) is 0 Å². The first-order valence-corrected chi connectivity index (χ1v) is 8.49. The normalized spacial score (nSPS) is 11.5. The molecule has 28 heavy (non-hydrogen) atoms. The topological polar surface area (TPSA) is 108 Å². The van der Waals surface area contributed by atoms with Crippen molar-refractivity contribution in [1.29, 1.82) is 0 Å². The number of hydrogen-bond donors (Lipinski definition) is 2. The highest BCUT2D eigenvalue weighted by atomic mass is 19.1. The van der Waals surface area contributed by atoms with Crippen LogP contribution in [0.1, 0.15) is 6.92 Å². The van der Waals surface area contributed by atoms with Crippen LogP contribution in [0.5, 0.6) is 0 Å². The maximum Gasteiger partial charge on any atom is 0.350 e. The van der Waals surface area contributed by atoms with Crippen molar-refractivity contribution in [2.75, 3.05) is 11.9 Å². The fourth-order valence-corrected chi connectivity index (χ4v) is 2.65. The van der Waals surface area contributed by atoms with E-state index in [-0.39, 0.29) is 24.6 Å². The second-order valence-electron chi connectivity index (χ2n) is 6.07. The number of rotatable bonds is 6. The van der Waals surface area contributed by atoms with Crippen molar-refractivity contribution in [3.05, 3.63) is 71.3 Å². The molecule has 0 saturated heterocycles. The van der Waals surface area contributed by atoms with Crippen LogP contribution in [0.2, 0.25) is 0 Å².